The fraction of sp³-hybridized carbons (Fsp3) is 0.350. The van der Waals surface area contributed by atoms with Crippen LogP contribution in [0.4, 0.5) is 0 Å². The second-order valence-electron chi connectivity index (χ2n) is 6.97. The summed E-state index contributed by atoms with van der Waals surface area (Å²) in [6.45, 7) is 3.31. The number of benzene rings is 1. The Labute approximate surface area is 161 Å². The number of rotatable bonds is 4. The van der Waals surface area contributed by atoms with Gasteiger partial charge in [0.05, 0.1) is 6.04 Å². The molecule has 8 nitrogen and oxygen atoms in total. The molecule has 1 aromatic carbocycles. The predicted octanol–water partition coefficient (Wildman–Crippen LogP) is 2.09. The Bertz CT molecular complexity index is 1060. The number of nitrogens with one attached hydrogen (secondary N) is 1. The van der Waals surface area contributed by atoms with Crippen LogP contribution in [0.1, 0.15) is 52.0 Å². The maximum atomic E-state index is 12.3. The van der Waals surface area contributed by atoms with Crippen molar-refractivity contribution in [2.75, 3.05) is 6.61 Å². The number of aromatic nitrogens is 4. The van der Waals surface area contributed by atoms with Gasteiger partial charge < -0.3 is 10.1 Å². The van der Waals surface area contributed by atoms with Gasteiger partial charge in [-0.2, -0.15) is 4.98 Å². The molecule has 1 atom stereocenters. The molecule has 0 saturated heterocycles. The van der Waals surface area contributed by atoms with Crippen LogP contribution in [0.3, 0.4) is 0 Å². The molecule has 28 heavy (non-hydrogen) atoms. The number of ether oxygens (including phenoxy) is 1. The number of nitrogens with zero attached hydrogens (tertiary/aromatic N) is 4. The van der Waals surface area contributed by atoms with Gasteiger partial charge in [-0.05, 0) is 50.3 Å². The first kappa shape index (κ1) is 18.1. The lowest BCUT2D eigenvalue weighted by Gasteiger charge is -2.26. The standard InChI is InChI=1S/C20H21N5O3/c1-12-10-13(2)25-20(21-12)23-18(24-25)19(27)28-11-17(26)22-16-9-5-7-14-6-3-4-8-15(14)16/h3-4,6,8,10,16H,5,7,9,11H2,1-2H3,(H,22,26)/t16-/m0/s1. The van der Waals surface area contributed by atoms with Crippen LogP contribution in [0.25, 0.3) is 5.78 Å². The zero-order valence-corrected chi connectivity index (χ0v) is 15.8. The molecular formula is C20H21N5O3. The molecule has 2 aromatic heterocycles. The van der Waals surface area contributed by atoms with Crippen LogP contribution in [0.5, 0.6) is 0 Å². The maximum Gasteiger partial charge on any atom is 0.378 e. The molecule has 1 aliphatic carbocycles. The normalized spacial score (nSPS) is 15.9. The molecule has 0 radical (unpaired) electrons. The second-order valence-corrected chi connectivity index (χ2v) is 6.97. The third kappa shape index (κ3) is 3.58. The smallest absolute Gasteiger partial charge is 0.378 e. The van der Waals surface area contributed by atoms with Crippen LogP contribution in [-0.4, -0.2) is 38.1 Å². The molecule has 1 amide bonds. The number of carbonyl (C=O) groups is 2. The highest BCUT2D eigenvalue weighted by molar-refractivity contribution is 5.88. The molecule has 1 aliphatic rings. The van der Waals surface area contributed by atoms with Crippen molar-refractivity contribution in [3.63, 3.8) is 0 Å². The van der Waals surface area contributed by atoms with Crippen molar-refractivity contribution in [3.05, 3.63) is 58.7 Å². The minimum Gasteiger partial charge on any atom is -0.450 e. The fourth-order valence-corrected chi connectivity index (χ4v) is 3.59. The van der Waals surface area contributed by atoms with Crippen LogP contribution >= 0.6 is 0 Å². The number of hydrogen-bond acceptors (Lipinski definition) is 6. The molecule has 8 heteroatoms. The zero-order chi connectivity index (χ0) is 19.7. The monoisotopic (exact) mass is 379 g/mol. The van der Waals surface area contributed by atoms with Crippen LogP contribution in [-0.2, 0) is 16.0 Å². The van der Waals surface area contributed by atoms with Crippen molar-refractivity contribution >= 4 is 17.7 Å². The number of esters is 1. The van der Waals surface area contributed by atoms with Gasteiger partial charge in [-0.25, -0.2) is 14.3 Å². The van der Waals surface area contributed by atoms with Crippen LogP contribution in [0.15, 0.2) is 30.3 Å². The highest BCUT2D eigenvalue weighted by Crippen LogP contribution is 2.29. The van der Waals surface area contributed by atoms with E-state index in [4.69, 9.17) is 4.74 Å². The van der Waals surface area contributed by atoms with Gasteiger partial charge in [0.25, 0.3) is 17.5 Å². The minimum atomic E-state index is -0.748. The molecule has 4 rings (SSSR count). The summed E-state index contributed by atoms with van der Waals surface area (Å²) in [7, 11) is 0. The molecule has 0 aliphatic heterocycles. The van der Waals surface area contributed by atoms with Crippen LogP contribution < -0.4 is 5.32 Å². The van der Waals surface area contributed by atoms with Crippen LogP contribution in [0, 0.1) is 13.8 Å². The van der Waals surface area contributed by atoms with Crippen molar-refractivity contribution in [1.82, 2.24) is 24.9 Å². The molecule has 0 saturated carbocycles. The van der Waals surface area contributed by atoms with E-state index in [1.54, 1.807) is 0 Å². The van der Waals surface area contributed by atoms with E-state index in [2.05, 4.69) is 26.4 Å². The average Bonchev–Trinajstić information content (AvgIpc) is 3.11. The first-order chi connectivity index (χ1) is 13.5. The third-order valence-electron chi connectivity index (χ3n) is 4.84. The Morgan fingerprint density at radius 1 is 1.25 bits per heavy atom. The van der Waals surface area contributed by atoms with Crippen molar-refractivity contribution < 1.29 is 14.3 Å². The van der Waals surface area contributed by atoms with E-state index in [1.165, 1.54) is 10.1 Å². The Balaban J connectivity index is 1.39. The van der Waals surface area contributed by atoms with Gasteiger partial charge in [0, 0.05) is 11.4 Å². The van der Waals surface area contributed by atoms with Crippen molar-refractivity contribution in [2.45, 2.75) is 39.2 Å². The SMILES string of the molecule is Cc1cc(C)n2nc(C(=O)OCC(=O)N[C@H]3CCCc4ccccc43)nc2n1. The highest BCUT2D eigenvalue weighted by atomic mass is 16.5. The fourth-order valence-electron chi connectivity index (χ4n) is 3.59. The van der Waals surface area contributed by atoms with Gasteiger partial charge in [-0.15, -0.1) is 5.10 Å². The number of carbonyl (C=O) groups excluding carboxylic acids is 2. The van der Waals surface area contributed by atoms with E-state index in [0.717, 1.165) is 36.2 Å². The van der Waals surface area contributed by atoms with Crippen molar-refractivity contribution in [2.24, 2.45) is 0 Å². The van der Waals surface area contributed by atoms with E-state index < -0.39 is 5.97 Å². The molecule has 1 N–H and O–H groups in total. The molecule has 2 heterocycles. The topological polar surface area (TPSA) is 98.5 Å². The van der Waals surface area contributed by atoms with Gasteiger partial charge in [-0.1, -0.05) is 24.3 Å². The Morgan fingerprint density at radius 3 is 2.93 bits per heavy atom. The van der Waals surface area contributed by atoms with Gasteiger partial charge >= 0.3 is 5.97 Å². The van der Waals surface area contributed by atoms with Gasteiger partial charge in [0.2, 0.25) is 0 Å². The van der Waals surface area contributed by atoms with E-state index >= 15 is 0 Å². The zero-order valence-electron chi connectivity index (χ0n) is 15.8. The van der Waals surface area contributed by atoms with E-state index in [0.29, 0.717) is 5.78 Å². The minimum absolute atomic E-state index is 0.0562. The largest absolute Gasteiger partial charge is 0.450 e. The lowest BCUT2D eigenvalue weighted by molar-refractivity contribution is -0.125. The lowest BCUT2D eigenvalue weighted by atomic mass is 9.88. The van der Waals surface area contributed by atoms with Crippen LogP contribution in [0.2, 0.25) is 0 Å². The molecule has 0 fully saturated rings. The maximum absolute atomic E-state index is 12.3. The Morgan fingerprint density at radius 2 is 2.07 bits per heavy atom. The summed E-state index contributed by atoms with van der Waals surface area (Å²) in [6.07, 6.45) is 2.90. The summed E-state index contributed by atoms with van der Waals surface area (Å²) < 4.78 is 6.58. The van der Waals surface area contributed by atoms with E-state index in [-0.39, 0.29) is 24.4 Å². The van der Waals surface area contributed by atoms with Gasteiger partial charge in [0.1, 0.15) is 0 Å². The second kappa shape index (κ2) is 7.38. The molecule has 0 unspecified atom stereocenters. The van der Waals surface area contributed by atoms with Gasteiger partial charge in [-0.3, -0.25) is 4.79 Å². The van der Waals surface area contributed by atoms with E-state index in [1.807, 2.05) is 38.1 Å². The Hall–Kier alpha value is -3.29. The quantitative estimate of drug-likeness (QED) is 0.697. The van der Waals surface area contributed by atoms with E-state index in [9.17, 15) is 9.59 Å². The van der Waals surface area contributed by atoms with Crippen molar-refractivity contribution in [3.8, 4) is 0 Å². The third-order valence-corrected chi connectivity index (χ3v) is 4.84. The first-order valence-corrected chi connectivity index (χ1v) is 9.26. The summed E-state index contributed by atoms with van der Waals surface area (Å²) in [5.74, 6) is -0.879. The highest BCUT2D eigenvalue weighted by Gasteiger charge is 2.23. The molecule has 3 aromatic rings. The number of hydrogen-bond donors (Lipinski definition) is 1. The first-order valence-electron chi connectivity index (χ1n) is 9.26. The lowest BCUT2D eigenvalue weighted by Crippen LogP contribution is -2.34. The van der Waals surface area contributed by atoms with Crippen molar-refractivity contribution in [1.29, 1.82) is 0 Å². The Kier molecular flexibility index (Phi) is 4.77. The molecular weight excluding hydrogens is 358 g/mol. The number of fused-ring (bicyclic) bond motifs is 2. The number of aryl methyl sites for hydroxylation is 3. The summed E-state index contributed by atoms with van der Waals surface area (Å²) in [5.41, 5.74) is 3.97. The molecule has 144 valence electrons. The summed E-state index contributed by atoms with van der Waals surface area (Å²) in [6, 6.07) is 9.87. The predicted molar refractivity (Wildman–Crippen MR) is 101 cm³/mol. The molecule has 0 spiro atoms. The number of amides is 1. The summed E-state index contributed by atoms with van der Waals surface area (Å²) in [5, 5.41) is 7.06. The summed E-state index contributed by atoms with van der Waals surface area (Å²) >= 11 is 0. The molecule has 0 bridgehead atoms. The van der Waals surface area contributed by atoms with Gasteiger partial charge in [0.15, 0.2) is 6.61 Å². The average molecular weight is 379 g/mol. The summed E-state index contributed by atoms with van der Waals surface area (Å²) in [4.78, 5) is 32.8.